The van der Waals surface area contributed by atoms with Gasteiger partial charge in [-0.1, -0.05) is 12.1 Å². The molecule has 0 unspecified atom stereocenters. The van der Waals surface area contributed by atoms with Gasteiger partial charge in [-0.2, -0.15) is 5.10 Å². The lowest BCUT2D eigenvalue weighted by Crippen LogP contribution is -2.13. The van der Waals surface area contributed by atoms with Crippen molar-refractivity contribution in [1.82, 2.24) is 15.1 Å². The van der Waals surface area contributed by atoms with E-state index < -0.39 is 0 Å². The van der Waals surface area contributed by atoms with Crippen LogP contribution >= 0.6 is 12.4 Å². The number of rotatable bonds is 7. The van der Waals surface area contributed by atoms with Gasteiger partial charge in [0, 0.05) is 25.3 Å². The largest absolute Gasteiger partial charge is 0.494 e. The fourth-order valence-electron chi connectivity index (χ4n) is 1.96. The topological polar surface area (TPSA) is 39.1 Å². The second kappa shape index (κ2) is 8.70. The highest BCUT2D eigenvalue weighted by Gasteiger charge is 2.01. The fourth-order valence-corrected chi connectivity index (χ4v) is 1.96. The van der Waals surface area contributed by atoms with Crippen LogP contribution in [-0.2, 0) is 13.1 Å². The molecular formula is C16H24ClN3O. The third-order valence-electron chi connectivity index (χ3n) is 3.06. The number of benzene rings is 1. The summed E-state index contributed by atoms with van der Waals surface area (Å²) in [5.41, 5.74) is 2.32. The molecular weight excluding hydrogens is 286 g/mol. The molecule has 21 heavy (non-hydrogen) atoms. The third-order valence-corrected chi connectivity index (χ3v) is 3.06. The molecule has 0 bridgehead atoms. The van der Waals surface area contributed by atoms with E-state index in [1.807, 2.05) is 29.9 Å². The zero-order valence-corrected chi connectivity index (χ0v) is 13.7. The minimum Gasteiger partial charge on any atom is -0.494 e. The second-order valence-corrected chi connectivity index (χ2v) is 5.06. The first-order valence-corrected chi connectivity index (χ1v) is 7.15. The summed E-state index contributed by atoms with van der Waals surface area (Å²) in [6.45, 7) is 8.57. The predicted molar refractivity (Wildman–Crippen MR) is 88.0 cm³/mol. The highest BCUT2D eigenvalue weighted by atomic mass is 35.5. The van der Waals surface area contributed by atoms with Gasteiger partial charge in [-0.05, 0) is 44.5 Å². The van der Waals surface area contributed by atoms with Crippen molar-refractivity contribution in [3.8, 4) is 5.75 Å². The number of hydrogen-bond acceptors (Lipinski definition) is 3. The Morgan fingerprint density at radius 2 is 1.86 bits per heavy atom. The molecule has 0 amide bonds. The molecule has 1 heterocycles. The van der Waals surface area contributed by atoms with Crippen molar-refractivity contribution in [3.63, 3.8) is 0 Å². The maximum absolute atomic E-state index is 5.43. The standard InChI is InChI=1S/C16H23N3O.ClH/c1-4-20-16-7-5-14(6-8-16)11-17-12-15-9-10-19(18-15)13(2)3;/h5-10,13,17H,4,11-12H2,1-3H3;1H. The van der Waals surface area contributed by atoms with Crippen molar-refractivity contribution >= 4 is 12.4 Å². The van der Waals surface area contributed by atoms with Crippen molar-refractivity contribution in [2.45, 2.75) is 39.9 Å². The van der Waals surface area contributed by atoms with E-state index in [1.165, 1.54) is 5.56 Å². The first kappa shape index (κ1) is 17.5. The lowest BCUT2D eigenvalue weighted by molar-refractivity contribution is 0.340. The number of halogens is 1. The van der Waals surface area contributed by atoms with Crippen LogP contribution in [0.2, 0.25) is 0 Å². The van der Waals surface area contributed by atoms with Crippen LogP contribution in [0.4, 0.5) is 0 Å². The molecule has 116 valence electrons. The number of aromatic nitrogens is 2. The molecule has 0 saturated heterocycles. The number of hydrogen-bond donors (Lipinski definition) is 1. The molecule has 1 N–H and O–H groups in total. The van der Waals surface area contributed by atoms with E-state index >= 15 is 0 Å². The molecule has 0 spiro atoms. The van der Waals surface area contributed by atoms with Crippen molar-refractivity contribution in [3.05, 3.63) is 47.8 Å². The molecule has 2 rings (SSSR count). The first-order valence-electron chi connectivity index (χ1n) is 7.15. The Labute approximate surface area is 132 Å². The van der Waals surface area contributed by atoms with E-state index in [2.05, 4.69) is 42.5 Å². The minimum absolute atomic E-state index is 0. The summed E-state index contributed by atoms with van der Waals surface area (Å²) < 4.78 is 7.41. The molecule has 5 heteroatoms. The van der Waals surface area contributed by atoms with Crippen LogP contribution in [0.5, 0.6) is 5.75 Å². The summed E-state index contributed by atoms with van der Waals surface area (Å²) in [4.78, 5) is 0. The maximum atomic E-state index is 5.43. The van der Waals surface area contributed by atoms with Crippen LogP contribution in [-0.4, -0.2) is 16.4 Å². The zero-order valence-electron chi connectivity index (χ0n) is 12.9. The van der Waals surface area contributed by atoms with Crippen LogP contribution < -0.4 is 10.1 Å². The average Bonchev–Trinajstić information content (AvgIpc) is 2.90. The SMILES string of the molecule is CCOc1ccc(CNCc2ccn(C(C)C)n2)cc1.Cl. The monoisotopic (exact) mass is 309 g/mol. The van der Waals surface area contributed by atoms with E-state index in [-0.39, 0.29) is 12.4 Å². The molecule has 0 aliphatic heterocycles. The van der Waals surface area contributed by atoms with Crippen molar-refractivity contribution in [2.75, 3.05) is 6.61 Å². The van der Waals surface area contributed by atoms with Crippen LogP contribution in [0.3, 0.4) is 0 Å². The van der Waals surface area contributed by atoms with Gasteiger partial charge in [0.15, 0.2) is 0 Å². The molecule has 0 aliphatic carbocycles. The smallest absolute Gasteiger partial charge is 0.119 e. The van der Waals surface area contributed by atoms with Crippen LogP contribution in [0, 0.1) is 0 Å². The highest BCUT2D eigenvalue weighted by Crippen LogP contribution is 2.12. The number of ether oxygens (including phenoxy) is 1. The maximum Gasteiger partial charge on any atom is 0.119 e. The van der Waals surface area contributed by atoms with E-state index in [0.29, 0.717) is 12.6 Å². The van der Waals surface area contributed by atoms with Gasteiger partial charge >= 0.3 is 0 Å². The Morgan fingerprint density at radius 3 is 2.43 bits per heavy atom. The highest BCUT2D eigenvalue weighted by molar-refractivity contribution is 5.85. The Morgan fingerprint density at radius 1 is 1.14 bits per heavy atom. The molecule has 0 radical (unpaired) electrons. The van der Waals surface area contributed by atoms with Crippen molar-refractivity contribution in [2.24, 2.45) is 0 Å². The fraction of sp³-hybridized carbons (Fsp3) is 0.438. The normalized spacial score (nSPS) is 10.5. The van der Waals surface area contributed by atoms with Gasteiger partial charge in [0.1, 0.15) is 5.75 Å². The summed E-state index contributed by atoms with van der Waals surface area (Å²) in [5.74, 6) is 0.923. The van der Waals surface area contributed by atoms with E-state index in [9.17, 15) is 0 Å². The summed E-state index contributed by atoms with van der Waals surface area (Å²) in [5, 5.41) is 7.92. The van der Waals surface area contributed by atoms with E-state index in [0.717, 1.165) is 24.5 Å². The van der Waals surface area contributed by atoms with Gasteiger partial charge in [0.05, 0.1) is 12.3 Å². The molecule has 0 fully saturated rings. The van der Waals surface area contributed by atoms with Gasteiger partial charge in [-0.25, -0.2) is 0 Å². The number of nitrogens with one attached hydrogen (secondary N) is 1. The van der Waals surface area contributed by atoms with E-state index in [4.69, 9.17) is 4.74 Å². The predicted octanol–water partition coefficient (Wildman–Crippen LogP) is 3.57. The molecule has 0 aliphatic rings. The molecule has 2 aromatic rings. The Balaban J connectivity index is 0.00000220. The van der Waals surface area contributed by atoms with Crippen LogP contribution in [0.15, 0.2) is 36.5 Å². The first-order chi connectivity index (χ1) is 9.69. The van der Waals surface area contributed by atoms with Crippen molar-refractivity contribution < 1.29 is 4.74 Å². The molecule has 4 nitrogen and oxygen atoms in total. The quantitative estimate of drug-likeness (QED) is 0.850. The van der Waals surface area contributed by atoms with Crippen molar-refractivity contribution in [1.29, 1.82) is 0 Å². The average molecular weight is 310 g/mol. The third kappa shape index (κ3) is 5.40. The summed E-state index contributed by atoms with van der Waals surface area (Å²) >= 11 is 0. The Kier molecular flexibility index (Phi) is 7.26. The molecule has 0 atom stereocenters. The molecule has 1 aromatic carbocycles. The Bertz CT molecular complexity index is 523. The van der Waals surface area contributed by atoms with E-state index in [1.54, 1.807) is 0 Å². The van der Waals surface area contributed by atoms with Gasteiger partial charge in [-0.3, -0.25) is 4.68 Å². The second-order valence-electron chi connectivity index (χ2n) is 5.06. The number of nitrogens with zero attached hydrogens (tertiary/aromatic N) is 2. The summed E-state index contributed by atoms with van der Waals surface area (Å²) in [6.07, 6.45) is 2.03. The lowest BCUT2D eigenvalue weighted by Gasteiger charge is -2.06. The van der Waals surface area contributed by atoms with Crippen LogP contribution in [0.25, 0.3) is 0 Å². The van der Waals surface area contributed by atoms with Gasteiger partial charge < -0.3 is 10.1 Å². The zero-order chi connectivity index (χ0) is 14.4. The Hall–Kier alpha value is -1.52. The minimum atomic E-state index is 0. The van der Waals surface area contributed by atoms with Crippen LogP contribution in [0.1, 0.15) is 38.1 Å². The summed E-state index contributed by atoms with van der Waals surface area (Å²) in [6, 6.07) is 10.7. The lowest BCUT2D eigenvalue weighted by atomic mass is 10.2. The summed E-state index contributed by atoms with van der Waals surface area (Å²) in [7, 11) is 0. The van der Waals surface area contributed by atoms with Gasteiger partial charge in [0.25, 0.3) is 0 Å². The molecule has 1 aromatic heterocycles. The van der Waals surface area contributed by atoms with Gasteiger partial charge in [-0.15, -0.1) is 12.4 Å². The molecule has 0 saturated carbocycles. The van der Waals surface area contributed by atoms with Gasteiger partial charge in [0.2, 0.25) is 0 Å².